The molecule has 0 aliphatic carbocycles. The van der Waals surface area contributed by atoms with Crippen LogP contribution in [0.3, 0.4) is 0 Å². The summed E-state index contributed by atoms with van der Waals surface area (Å²) in [6.45, 7) is 0. The van der Waals surface area contributed by atoms with Gasteiger partial charge < -0.3 is 0 Å². The summed E-state index contributed by atoms with van der Waals surface area (Å²) >= 11 is 1.84. The smallest absolute Gasteiger partial charge is 0.161 e. The molecule has 0 N–H and O–H groups in total. The zero-order valence-electron chi connectivity index (χ0n) is 26.5. The van der Waals surface area contributed by atoms with Gasteiger partial charge in [0, 0.05) is 42.4 Å². The topological polar surface area (TPSA) is 25.8 Å². The van der Waals surface area contributed by atoms with E-state index in [4.69, 9.17) is 9.97 Å². The Balaban J connectivity index is 1.32. The Morgan fingerprint density at radius 2 is 0.857 bits per heavy atom. The summed E-state index contributed by atoms with van der Waals surface area (Å²) in [4.78, 5) is 10.6. The Labute approximate surface area is 287 Å². The molecule has 0 atom stereocenters. The van der Waals surface area contributed by atoms with Gasteiger partial charge in [-0.2, -0.15) is 0 Å². The highest BCUT2D eigenvalue weighted by Crippen LogP contribution is 2.46. The first-order valence-corrected chi connectivity index (χ1v) is 17.4. The van der Waals surface area contributed by atoms with Crippen LogP contribution in [0.5, 0.6) is 0 Å². The molecule has 0 amide bonds. The zero-order chi connectivity index (χ0) is 32.3. The van der Waals surface area contributed by atoms with Crippen LogP contribution in [-0.4, -0.2) is 9.97 Å². The third-order valence-corrected chi connectivity index (χ3v) is 10.8. The van der Waals surface area contributed by atoms with Crippen molar-refractivity contribution >= 4 is 63.8 Å². The van der Waals surface area contributed by atoms with Crippen LogP contribution in [0.1, 0.15) is 0 Å². The van der Waals surface area contributed by atoms with E-state index in [0.717, 1.165) is 39.5 Å². The van der Waals surface area contributed by atoms with Crippen molar-refractivity contribution in [3.05, 3.63) is 170 Å². The molecule has 0 spiro atoms. The SMILES string of the molecule is c1ccc(-c2cc(-c3ccccc3)nc(-c3ccc4sc5ccccc5c4c3-c3ccc4c5ccccc5c5ccccc5c4c3)n2)cc1. The Morgan fingerprint density at radius 3 is 1.47 bits per heavy atom. The number of hydrogen-bond acceptors (Lipinski definition) is 3. The van der Waals surface area contributed by atoms with E-state index in [2.05, 4.69) is 158 Å². The lowest BCUT2D eigenvalue weighted by Crippen LogP contribution is -1.98. The Kier molecular flexibility index (Phi) is 6.39. The molecular formula is C46H28N2S. The molecule has 0 fully saturated rings. The standard InChI is InChI=1S/C46H28N2S/c1-3-13-29(14-4-1)40-28-41(30-15-5-2-6-16-30)48-46(47-40)38-25-26-43-45(37-21-11-12-22-42(37)49-43)44(38)31-23-24-36-34-19-8-7-17-32(34)33-18-9-10-20-35(33)39(36)27-31/h1-28H. The molecule has 3 heteroatoms. The average Bonchev–Trinajstić information content (AvgIpc) is 3.57. The molecular weight excluding hydrogens is 613 g/mol. The van der Waals surface area contributed by atoms with E-state index in [0.29, 0.717) is 0 Å². The Bertz CT molecular complexity index is 2780. The maximum absolute atomic E-state index is 5.30. The molecule has 49 heavy (non-hydrogen) atoms. The van der Waals surface area contributed by atoms with Crippen LogP contribution < -0.4 is 0 Å². The fourth-order valence-electron chi connectivity index (χ4n) is 7.45. The normalized spacial score (nSPS) is 11.7. The minimum atomic E-state index is 0.718. The second-order valence-corrected chi connectivity index (χ2v) is 13.6. The molecule has 2 heterocycles. The van der Waals surface area contributed by atoms with E-state index < -0.39 is 0 Å². The molecule has 228 valence electrons. The predicted octanol–water partition coefficient (Wildman–Crippen LogP) is 13.0. The molecule has 0 saturated carbocycles. The maximum Gasteiger partial charge on any atom is 0.161 e. The van der Waals surface area contributed by atoms with E-state index in [1.165, 1.54) is 58.1 Å². The first-order chi connectivity index (χ1) is 24.3. The van der Waals surface area contributed by atoms with Crippen molar-refractivity contribution in [3.8, 4) is 45.0 Å². The van der Waals surface area contributed by atoms with Crippen molar-refractivity contribution in [1.82, 2.24) is 9.97 Å². The molecule has 0 saturated heterocycles. The second kappa shape index (κ2) is 11.2. The van der Waals surface area contributed by atoms with E-state index in [1.807, 2.05) is 23.5 Å². The van der Waals surface area contributed by atoms with Gasteiger partial charge in [-0.05, 0) is 68.2 Å². The summed E-state index contributed by atoms with van der Waals surface area (Å²) < 4.78 is 2.53. The molecule has 8 aromatic carbocycles. The number of fused-ring (bicyclic) bond motifs is 9. The number of nitrogens with zero attached hydrogens (tertiary/aromatic N) is 2. The number of hydrogen-bond donors (Lipinski definition) is 0. The van der Waals surface area contributed by atoms with Crippen molar-refractivity contribution in [3.63, 3.8) is 0 Å². The van der Waals surface area contributed by atoms with E-state index in [9.17, 15) is 0 Å². The summed E-state index contributed by atoms with van der Waals surface area (Å²) in [6.07, 6.45) is 0. The predicted molar refractivity (Wildman–Crippen MR) is 209 cm³/mol. The second-order valence-electron chi connectivity index (χ2n) is 12.5. The van der Waals surface area contributed by atoms with Gasteiger partial charge in [-0.15, -0.1) is 11.3 Å². The number of rotatable bonds is 4. The fourth-order valence-corrected chi connectivity index (χ4v) is 8.56. The highest BCUT2D eigenvalue weighted by atomic mass is 32.1. The first kappa shape index (κ1) is 27.9. The van der Waals surface area contributed by atoms with Gasteiger partial charge in [-0.1, -0.05) is 140 Å². The van der Waals surface area contributed by atoms with E-state index in [1.54, 1.807) is 0 Å². The van der Waals surface area contributed by atoms with Crippen LogP contribution in [0.2, 0.25) is 0 Å². The Hall–Kier alpha value is -6.16. The van der Waals surface area contributed by atoms with Gasteiger partial charge in [0.1, 0.15) is 0 Å². The highest BCUT2D eigenvalue weighted by Gasteiger charge is 2.21. The quantitative estimate of drug-likeness (QED) is 0.179. The number of thiophene rings is 1. The van der Waals surface area contributed by atoms with Gasteiger partial charge in [0.15, 0.2) is 5.82 Å². The van der Waals surface area contributed by atoms with Gasteiger partial charge in [-0.3, -0.25) is 0 Å². The summed E-state index contributed by atoms with van der Waals surface area (Å²) in [6, 6.07) is 60.8. The molecule has 0 aliphatic rings. The monoisotopic (exact) mass is 640 g/mol. The Morgan fingerprint density at radius 1 is 0.347 bits per heavy atom. The zero-order valence-corrected chi connectivity index (χ0v) is 27.3. The third kappa shape index (κ3) is 4.55. The van der Waals surface area contributed by atoms with Crippen LogP contribution in [0.4, 0.5) is 0 Å². The van der Waals surface area contributed by atoms with Crippen LogP contribution in [-0.2, 0) is 0 Å². The van der Waals surface area contributed by atoms with Gasteiger partial charge >= 0.3 is 0 Å². The molecule has 0 unspecified atom stereocenters. The van der Waals surface area contributed by atoms with Gasteiger partial charge in [0.05, 0.1) is 11.4 Å². The van der Waals surface area contributed by atoms with Crippen LogP contribution >= 0.6 is 11.3 Å². The first-order valence-electron chi connectivity index (χ1n) is 16.6. The fraction of sp³-hybridized carbons (Fsp3) is 0. The van der Waals surface area contributed by atoms with Gasteiger partial charge in [-0.25, -0.2) is 9.97 Å². The molecule has 10 aromatic rings. The lowest BCUT2D eigenvalue weighted by Gasteiger charge is -2.16. The van der Waals surface area contributed by atoms with Crippen LogP contribution in [0.25, 0.3) is 97.5 Å². The number of benzene rings is 8. The largest absolute Gasteiger partial charge is 0.228 e. The molecule has 0 radical (unpaired) electrons. The third-order valence-electron chi connectivity index (χ3n) is 9.68. The van der Waals surface area contributed by atoms with Crippen LogP contribution in [0.15, 0.2) is 170 Å². The summed E-state index contributed by atoms with van der Waals surface area (Å²) in [5.74, 6) is 0.718. The molecule has 0 aliphatic heterocycles. The van der Waals surface area contributed by atoms with E-state index >= 15 is 0 Å². The highest BCUT2D eigenvalue weighted by molar-refractivity contribution is 7.26. The van der Waals surface area contributed by atoms with Gasteiger partial charge in [0.2, 0.25) is 0 Å². The van der Waals surface area contributed by atoms with Crippen molar-refractivity contribution < 1.29 is 0 Å². The minimum absolute atomic E-state index is 0.718. The average molecular weight is 641 g/mol. The lowest BCUT2D eigenvalue weighted by molar-refractivity contribution is 1.18. The summed E-state index contributed by atoms with van der Waals surface area (Å²) in [7, 11) is 0. The van der Waals surface area contributed by atoms with E-state index in [-0.39, 0.29) is 0 Å². The van der Waals surface area contributed by atoms with Crippen molar-refractivity contribution in [2.75, 3.05) is 0 Å². The van der Waals surface area contributed by atoms with Crippen LogP contribution in [0, 0.1) is 0 Å². The van der Waals surface area contributed by atoms with Crippen molar-refractivity contribution in [2.45, 2.75) is 0 Å². The molecule has 2 nitrogen and oxygen atoms in total. The van der Waals surface area contributed by atoms with Crippen molar-refractivity contribution in [1.29, 1.82) is 0 Å². The maximum atomic E-state index is 5.30. The molecule has 10 rings (SSSR count). The molecule has 0 bridgehead atoms. The van der Waals surface area contributed by atoms with Gasteiger partial charge in [0.25, 0.3) is 0 Å². The number of aromatic nitrogens is 2. The minimum Gasteiger partial charge on any atom is -0.228 e. The molecule has 2 aromatic heterocycles. The lowest BCUT2D eigenvalue weighted by atomic mass is 9.89. The summed E-state index contributed by atoms with van der Waals surface area (Å²) in [5.41, 5.74) is 7.29. The van der Waals surface area contributed by atoms with Crippen molar-refractivity contribution in [2.24, 2.45) is 0 Å². The summed E-state index contributed by atoms with van der Waals surface area (Å²) in [5, 5.41) is 10.1.